The number of piperidine rings is 1. The Kier molecular flexibility index (Phi) is 8.88. The van der Waals surface area contributed by atoms with Crippen LogP contribution in [0.1, 0.15) is 31.7 Å². The van der Waals surface area contributed by atoms with Crippen molar-refractivity contribution in [1.29, 1.82) is 0 Å². The number of hydrogen-bond donors (Lipinski definition) is 1. The van der Waals surface area contributed by atoms with Gasteiger partial charge in [0.05, 0.1) is 14.2 Å². The van der Waals surface area contributed by atoms with Crippen LogP contribution in [-0.2, 0) is 6.42 Å². The van der Waals surface area contributed by atoms with E-state index in [9.17, 15) is 0 Å². The van der Waals surface area contributed by atoms with Crippen LogP contribution >= 0.6 is 0 Å². The number of aliphatic imine (C=N–C) groups is 1. The molecule has 2 aromatic carbocycles. The van der Waals surface area contributed by atoms with Crippen LogP contribution in [0.15, 0.2) is 53.5 Å². The van der Waals surface area contributed by atoms with Crippen molar-refractivity contribution in [1.82, 2.24) is 10.2 Å². The van der Waals surface area contributed by atoms with E-state index in [0.717, 1.165) is 75.1 Å². The minimum Gasteiger partial charge on any atom is -0.493 e. The second-order valence-corrected chi connectivity index (χ2v) is 7.65. The molecule has 1 aliphatic heterocycles. The molecule has 1 N–H and O–H groups in total. The quantitative estimate of drug-likeness (QED) is 0.372. The number of hydrogen-bond acceptors (Lipinski definition) is 4. The van der Waals surface area contributed by atoms with E-state index in [2.05, 4.69) is 23.2 Å². The van der Waals surface area contributed by atoms with Gasteiger partial charge in [-0.15, -0.1) is 0 Å². The monoisotopic (exact) mass is 425 g/mol. The van der Waals surface area contributed by atoms with E-state index in [-0.39, 0.29) is 6.10 Å². The Morgan fingerprint density at radius 3 is 2.45 bits per heavy atom. The first-order chi connectivity index (χ1) is 15.2. The van der Waals surface area contributed by atoms with Gasteiger partial charge in [-0.05, 0) is 49.6 Å². The van der Waals surface area contributed by atoms with Crippen molar-refractivity contribution in [3.63, 3.8) is 0 Å². The summed E-state index contributed by atoms with van der Waals surface area (Å²) in [4.78, 5) is 7.22. The fourth-order valence-electron chi connectivity index (χ4n) is 3.81. The van der Waals surface area contributed by atoms with Crippen LogP contribution in [-0.4, -0.2) is 57.4 Å². The van der Waals surface area contributed by atoms with Gasteiger partial charge in [-0.1, -0.05) is 24.3 Å². The highest BCUT2D eigenvalue weighted by Crippen LogP contribution is 2.28. The topological polar surface area (TPSA) is 55.3 Å². The average molecular weight is 426 g/mol. The normalized spacial score (nSPS) is 14.9. The summed E-state index contributed by atoms with van der Waals surface area (Å²) in [6.45, 7) is 5.69. The molecule has 0 bridgehead atoms. The van der Waals surface area contributed by atoms with Crippen molar-refractivity contribution >= 4 is 5.96 Å². The van der Waals surface area contributed by atoms with Gasteiger partial charge in [0, 0.05) is 39.0 Å². The number of nitrogens with one attached hydrogen (secondary N) is 1. The maximum Gasteiger partial charge on any atom is 0.193 e. The van der Waals surface area contributed by atoms with Gasteiger partial charge < -0.3 is 24.4 Å². The third-order valence-corrected chi connectivity index (χ3v) is 5.46. The fourth-order valence-corrected chi connectivity index (χ4v) is 3.81. The van der Waals surface area contributed by atoms with Gasteiger partial charge in [-0.2, -0.15) is 0 Å². The highest BCUT2D eigenvalue weighted by molar-refractivity contribution is 5.80. The highest BCUT2D eigenvalue weighted by Gasteiger charge is 2.22. The number of methoxy groups -OCH3 is 2. The summed E-state index contributed by atoms with van der Waals surface area (Å²) < 4.78 is 16.8. The molecule has 0 saturated carbocycles. The first-order valence-electron chi connectivity index (χ1n) is 11.2. The number of para-hydroxylation sites is 1. The molecule has 0 aromatic heterocycles. The molecule has 1 aliphatic rings. The van der Waals surface area contributed by atoms with Crippen LogP contribution < -0.4 is 19.5 Å². The van der Waals surface area contributed by atoms with Crippen molar-refractivity contribution in [3.05, 3.63) is 54.1 Å². The van der Waals surface area contributed by atoms with Gasteiger partial charge in [0.15, 0.2) is 17.5 Å². The Balaban J connectivity index is 1.48. The van der Waals surface area contributed by atoms with Crippen molar-refractivity contribution in [2.24, 2.45) is 4.99 Å². The van der Waals surface area contributed by atoms with Gasteiger partial charge in [0.2, 0.25) is 0 Å². The molecule has 0 aliphatic carbocycles. The smallest absolute Gasteiger partial charge is 0.193 e. The summed E-state index contributed by atoms with van der Waals surface area (Å²) >= 11 is 0. The van der Waals surface area contributed by atoms with Crippen LogP contribution in [0.4, 0.5) is 0 Å². The third kappa shape index (κ3) is 6.81. The molecule has 6 heteroatoms. The molecule has 168 valence electrons. The largest absolute Gasteiger partial charge is 0.493 e. The van der Waals surface area contributed by atoms with Crippen LogP contribution in [0.3, 0.4) is 0 Å². The maximum atomic E-state index is 6.12. The van der Waals surface area contributed by atoms with Gasteiger partial charge >= 0.3 is 0 Å². The number of ether oxygens (including phenoxy) is 3. The Hall–Kier alpha value is -2.89. The molecule has 0 radical (unpaired) electrons. The SMILES string of the molecule is CCNC(=NCCCc1ccc(OC)c(OC)c1)N1CCC(Oc2ccccc2)CC1. The van der Waals surface area contributed by atoms with Gasteiger partial charge in [0.1, 0.15) is 11.9 Å². The molecule has 2 aromatic rings. The van der Waals surface area contributed by atoms with Crippen molar-refractivity contribution in [3.8, 4) is 17.2 Å². The van der Waals surface area contributed by atoms with Crippen LogP contribution in [0, 0.1) is 0 Å². The van der Waals surface area contributed by atoms with E-state index in [1.54, 1.807) is 14.2 Å². The predicted octanol–water partition coefficient (Wildman–Crippen LogP) is 4.15. The zero-order valence-corrected chi connectivity index (χ0v) is 19.0. The Morgan fingerprint density at radius 2 is 1.77 bits per heavy atom. The second kappa shape index (κ2) is 12.1. The molecule has 31 heavy (non-hydrogen) atoms. The third-order valence-electron chi connectivity index (χ3n) is 5.46. The van der Waals surface area contributed by atoms with E-state index in [4.69, 9.17) is 19.2 Å². The fraction of sp³-hybridized carbons (Fsp3) is 0.480. The van der Waals surface area contributed by atoms with Crippen LogP contribution in [0.25, 0.3) is 0 Å². The van der Waals surface area contributed by atoms with E-state index in [0.29, 0.717) is 0 Å². The zero-order valence-electron chi connectivity index (χ0n) is 19.0. The van der Waals surface area contributed by atoms with Crippen molar-refractivity contribution in [2.75, 3.05) is 40.4 Å². The number of guanidine groups is 1. The lowest BCUT2D eigenvalue weighted by molar-refractivity contribution is 0.129. The van der Waals surface area contributed by atoms with E-state index < -0.39 is 0 Å². The predicted molar refractivity (Wildman–Crippen MR) is 126 cm³/mol. The van der Waals surface area contributed by atoms with Crippen molar-refractivity contribution in [2.45, 2.75) is 38.7 Å². The second-order valence-electron chi connectivity index (χ2n) is 7.65. The summed E-state index contributed by atoms with van der Waals surface area (Å²) in [5.41, 5.74) is 1.23. The summed E-state index contributed by atoms with van der Waals surface area (Å²) in [5, 5.41) is 3.45. The Labute approximate surface area is 186 Å². The van der Waals surface area contributed by atoms with E-state index in [1.807, 2.05) is 42.5 Å². The first-order valence-corrected chi connectivity index (χ1v) is 11.2. The zero-order chi connectivity index (χ0) is 21.9. The van der Waals surface area contributed by atoms with Gasteiger partial charge in [0.25, 0.3) is 0 Å². The summed E-state index contributed by atoms with van der Waals surface area (Å²) in [6, 6.07) is 16.2. The minimum atomic E-state index is 0.270. The molecular weight excluding hydrogens is 390 g/mol. The average Bonchev–Trinajstić information content (AvgIpc) is 2.82. The maximum absolute atomic E-state index is 6.12. The molecule has 6 nitrogen and oxygen atoms in total. The molecule has 1 saturated heterocycles. The molecule has 0 atom stereocenters. The summed E-state index contributed by atoms with van der Waals surface area (Å²) in [6.07, 6.45) is 4.22. The standard InChI is InChI=1S/C25H35N3O3/c1-4-26-25(27-16-8-9-20-12-13-23(29-2)24(19-20)30-3)28-17-14-22(15-18-28)31-21-10-6-5-7-11-21/h5-7,10-13,19,22H,4,8-9,14-18H2,1-3H3,(H,26,27). The number of rotatable bonds is 9. The molecule has 0 amide bonds. The number of benzene rings is 2. The molecule has 1 fully saturated rings. The van der Waals surface area contributed by atoms with Crippen LogP contribution in [0.5, 0.6) is 17.2 Å². The Bertz CT molecular complexity index is 818. The minimum absolute atomic E-state index is 0.270. The lowest BCUT2D eigenvalue weighted by Crippen LogP contribution is -2.47. The first kappa shape index (κ1) is 22.8. The molecular formula is C25H35N3O3. The summed E-state index contributed by atoms with van der Waals surface area (Å²) in [5.74, 6) is 3.50. The highest BCUT2D eigenvalue weighted by atomic mass is 16.5. The van der Waals surface area contributed by atoms with E-state index in [1.165, 1.54) is 5.56 Å². The van der Waals surface area contributed by atoms with Gasteiger partial charge in [-0.25, -0.2) is 0 Å². The summed E-state index contributed by atoms with van der Waals surface area (Å²) in [7, 11) is 3.33. The lowest BCUT2D eigenvalue weighted by atomic mass is 10.1. The molecule has 3 rings (SSSR count). The molecule has 1 heterocycles. The van der Waals surface area contributed by atoms with Crippen LogP contribution in [0.2, 0.25) is 0 Å². The lowest BCUT2D eigenvalue weighted by Gasteiger charge is -2.34. The van der Waals surface area contributed by atoms with Crippen molar-refractivity contribution < 1.29 is 14.2 Å². The molecule has 0 unspecified atom stereocenters. The number of aryl methyl sites for hydroxylation is 1. The van der Waals surface area contributed by atoms with E-state index >= 15 is 0 Å². The number of likely N-dealkylation sites (tertiary alicyclic amines) is 1. The number of nitrogens with zero attached hydrogens (tertiary/aromatic N) is 2. The molecule has 0 spiro atoms. The Morgan fingerprint density at radius 1 is 1.03 bits per heavy atom. The van der Waals surface area contributed by atoms with Gasteiger partial charge in [-0.3, -0.25) is 4.99 Å².